The lowest BCUT2D eigenvalue weighted by molar-refractivity contribution is -0.140. The average Bonchev–Trinajstić information content (AvgIpc) is 2.49. The Morgan fingerprint density at radius 2 is 1.81 bits per heavy atom. The molecule has 0 aliphatic rings. The lowest BCUT2D eigenvalue weighted by Crippen LogP contribution is -2.45. The van der Waals surface area contributed by atoms with Gasteiger partial charge >= 0.3 is 5.97 Å². The Morgan fingerprint density at radius 1 is 1.19 bits per heavy atom. The zero-order valence-electron chi connectivity index (χ0n) is 13.1. The van der Waals surface area contributed by atoms with Gasteiger partial charge in [0.1, 0.15) is 6.04 Å². The highest BCUT2D eigenvalue weighted by Gasteiger charge is 2.25. The van der Waals surface area contributed by atoms with E-state index in [1.807, 2.05) is 26.0 Å². The molecule has 0 saturated heterocycles. The minimum absolute atomic E-state index is 0.102. The van der Waals surface area contributed by atoms with Crippen LogP contribution >= 0.6 is 0 Å². The van der Waals surface area contributed by atoms with Gasteiger partial charge in [0.15, 0.2) is 0 Å². The first-order valence-electron chi connectivity index (χ1n) is 7.62. The van der Waals surface area contributed by atoms with Crippen molar-refractivity contribution in [3.63, 3.8) is 0 Å². The molecule has 0 aliphatic heterocycles. The summed E-state index contributed by atoms with van der Waals surface area (Å²) < 4.78 is 0. The van der Waals surface area contributed by atoms with Gasteiger partial charge in [-0.1, -0.05) is 45.7 Å². The molecule has 0 aromatic heterocycles. The summed E-state index contributed by atoms with van der Waals surface area (Å²) in [7, 11) is 0. The van der Waals surface area contributed by atoms with Crippen LogP contribution in [0.15, 0.2) is 24.3 Å². The maximum atomic E-state index is 12.1. The molecule has 0 heterocycles. The van der Waals surface area contributed by atoms with E-state index >= 15 is 0 Å². The van der Waals surface area contributed by atoms with Crippen LogP contribution in [-0.2, 0) is 11.2 Å². The summed E-state index contributed by atoms with van der Waals surface area (Å²) in [4.78, 5) is 23.4. The lowest BCUT2D eigenvalue weighted by atomic mass is 9.98. The van der Waals surface area contributed by atoms with Crippen molar-refractivity contribution in [1.82, 2.24) is 5.32 Å². The third-order valence-corrected chi connectivity index (χ3v) is 3.80. The Labute approximate surface area is 126 Å². The summed E-state index contributed by atoms with van der Waals surface area (Å²) in [5.41, 5.74) is 1.70. The Bertz CT molecular complexity index is 467. The standard InChI is InChI=1S/C17H25NO3/c1-4-6-7-13-8-10-14(11-9-13)16(19)18-15(17(20)21)12(3)5-2/h8-12,15H,4-7H2,1-3H3,(H,18,19)(H,20,21)/t12-,15-/m0/s1. The molecule has 0 unspecified atom stereocenters. The third kappa shape index (κ3) is 5.21. The van der Waals surface area contributed by atoms with E-state index < -0.39 is 12.0 Å². The van der Waals surface area contributed by atoms with Gasteiger partial charge in [-0.05, 0) is 36.5 Å². The molecule has 0 aliphatic carbocycles. The van der Waals surface area contributed by atoms with Crippen LogP contribution in [-0.4, -0.2) is 23.0 Å². The Balaban J connectivity index is 2.71. The number of amides is 1. The molecule has 1 rings (SSSR count). The quantitative estimate of drug-likeness (QED) is 0.772. The van der Waals surface area contributed by atoms with Crippen molar-refractivity contribution in [2.75, 3.05) is 0 Å². The number of carboxylic acid groups (broad SMARTS) is 1. The van der Waals surface area contributed by atoms with Crippen molar-refractivity contribution in [1.29, 1.82) is 0 Å². The van der Waals surface area contributed by atoms with E-state index in [9.17, 15) is 14.7 Å². The topological polar surface area (TPSA) is 66.4 Å². The second-order valence-electron chi connectivity index (χ2n) is 5.48. The first-order chi connectivity index (χ1) is 9.99. The SMILES string of the molecule is CCCCc1ccc(C(=O)N[C@H](C(=O)O)[C@@H](C)CC)cc1. The fourth-order valence-corrected chi connectivity index (χ4v) is 2.11. The monoisotopic (exact) mass is 291 g/mol. The molecule has 0 spiro atoms. The largest absolute Gasteiger partial charge is 0.480 e. The fraction of sp³-hybridized carbons (Fsp3) is 0.529. The molecule has 0 bridgehead atoms. The third-order valence-electron chi connectivity index (χ3n) is 3.80. The van der Waals surface area contributed by atoms with Crippen LogP contribution in [0.25, 0.3) is 0 Å². The molecule has 0 fully saturated rings. The van der Waals surface area contributed by atoms with Gasteiger partial charge in [-0.15, -0.1) is 0 Å². The number of nitrogens with one attached hydrogen (secondary N) is 1. The highest BCUT2D eigenvalue weighted by atomic mass is 16.4. The van der Waals surface area contributed by atoms with E-state index in [0.717, 1.165) is 19.3 Å². The summed E-state index contributed by atoms with van der Waals surface area (Å²) in [5.74, 6) is -1.42. The van der Waals surface area contributed by atoms with Crippen molar-refractivity contribution in [2.45, 2.75) is 52.5 Å². The van der Waals surface area contributed by atoms with Gasteiger partial charge < -0.3 is 10.4 Å². The van der Waals surface area contributed by atoms with Crippen LogP contribution in [0.5, 0.6) is 0 Å². The number of rotatable bonds is 8. The second kappa shape index (κ2) is 8.45. The van der Waals surface area contributed by atoms with Gasteiger partial charge in [0.05, 0.1) is 0 Å². The number of carbonyl (C=O) groups excluding carboxylic acids is 1. The van der Waals surface area contributed by atoms with Gasteiger partial charge in [-0.25, -0.2) is 4.79 Å². The number of carboxylic acids is 1. The molecule has 0 saturated carbocycles. The summed E-state index contributed by atoms with van der Waals surface area (Å²) in [6, 6.07) is 6.54. The predicted molar refractivity (Wildman–Crippen MR) is 83.4 cm³/mol. The van der Waals surface area contributed by atoms with Gasteiger partial charge in [-0.2, -0.15) is 0 Å². The van der Waals surface area contributed by atoms with Crippen LogP contribution in [0.1, 0.15) is 56.0 Å². The van der Waals surface area contributed by atoms with E-state index in [0.29, 0.717) is 12.0 Å². The molecule has 2 atom stereocenters. The molecule has 1 amide bonds. The molecule has 4 heteroatoms. The van der Waals surface area contributed by atoms with Crippen molar-refractivity contribution in [3.05, 3.63) is 35.4 Å². The maximum absolute atomic E-state index is 12.1. The van der Waals surface area contributed by atoms with Crippen molar-refractivity contribution >= 4 is 11.9 Å². The van der Waals surface area contributed by atoms with E-state index in [-0.39, 0.29) is 11.8 Å². The molecule has 1 aromatic rings. The second-order valence-corrected chi connectivity index (χ2v) is 5.48. The number of benzene rings is 1. The van der Waals surface area contributed by atoms with Gasteiger partial charge in [0.2, 0.25) is 0 Å². The van der Waals surface area contributed by atoms with Crippen molar-refractivity contribution in [2.24, 2.45) is 5.92 Å². The number of aliphatic carboxylic acids is 1. The van der Waals surface area contributed by atoms with Crippen LogP contribution in [0.3, 0.4) is 0 Å². The van der Waals surface area contributed by atoms with Crippen LogP contribution in [0, 0.1) is 5.92 Å². The summed E-state index contributed by atoms with van der Waals surface area (Å²) in [6.45, 7) is 5.88. The molecule has 4 nitrogen and oxygen atoms in total. The van der Waals surface area contributed by atoms with Gasteiger partial charge in [0, 0.05) is 5.56 Å². The predicted octanol–water partition coefficient (Wildman–Crippen LogP) is 3.26. The number of hydrogen-bond donors (Lipinski definition) is 2. The summed E-state index contributed by atoms with van der Waals surface area (Å²) in [5, 5.41) is 11.8. The van der Waals surface area contributed by atoms with E-state index in [1.165, 1.54) is 5.56 Å². The first kappa shape index (κ1) is 17.2. The van der Waals surface area contributed by atoms with Crippen LogP contribution < -0.4 is 5.32 Å². The molecule has 21 heavy (non-hydrogen) atoms. The minimum atomic E-state index is -0.989. The number of carbonyl (C=O) groups is 2. The maximum Gasteiger partial charge on any atom is 0.326 e. The molecule has 116 valence electrons. The van der Waals surface area contributed by atoms with E-state index in [2.05, 4.69) is 12.2 Å². The normalized spacial score (nSPS) is 13.5. The fourth-order valence-electron chi connectivity index (χ4n) is 2.11. The van der Waals surface area contributed by atoms with Crippen LogP contribution in [0.2, 0.25) is 0 Å². The smallest absolute Gasteiger partial charge is 0.326 e. The molecule has 2 N–H and O–H groups in total. The number of hydrogen-bond acceptors (Lipinski definition) is 2. The van der Waals surface area contributed by atoms with Gasteiger partial charge in [-0.3, -0.25) is 4.79 Å². The molecular weight excluding hydrogens is 266 g/mol. The van der Waals surface area contributed by atoms with E-state index in [4.69, 9.17) is 0 Å². The zero-order chi connectivity index (χ0) is 15.8. The highest BCUT2D eigenvalue weighted by molar-refractivity contribution is 5.96. The van der Waals surface area contributed by atoms with Gasteiger partial charge in [0.25, 0.3) is 5.91 Å². The zero-order valence-corrected chi connectivity index (χ0v) is 13.1. The van der Waals surface area contributed by atoms with Crippen molar-refractivity contribution < 1.29 is 14.7 Å². The highest BCUT2D eigenvalue weighted by Crippen LogP contribution is 2.11. The summed E-state index contributed by atoms with van der Waals surface area (Å²) in [6.07, 6.45) is 3.97. The van der Waals surface area contributed by atoms with E-state index in [1.54, 1.807) is 12.1 Å². The Hall–Kier alpha value is -1.84. The number of aryl methyl sites for hydroxylation is 1. The molecular formula is C17H25NO3. The van der Waals surface area contributed by atoms with Crippen molar-refractivity contribution in [3.8, 4) is 0 Å². The molecule has 1 aromatic carbocycles. The van der Waals surface area contributed by atoms with Crippen LogP contribution in [0.4, 0.5) is 0 Å². The number of unbranched alkanes of at least 4 members (excludes halogenated alkanes) is 1. The Kier molecular flexibility index (Phi) is 6.92. The Morgan fingerprint density at radius 3 is 2.29 bits per heavy atom. The summed E-state index contributed by atoms with van der Waals surface area (Å²) >= 11 is 0. The average molecular weight is 291 g/mol. The molecule has 0 radical (unpaired) electrons. The minimum Gasteiger partial charge on any atom is -0.480 e. The first-order valence-corrected chi connectivity index (χ1v) is 7.62. The lowest BCUT2D eigenvalue weighted by Gasteiger charge is -2.20.